The molecule has 0 aliphatic carbocycles. The number of hydrogen-bond acceptors (Lipinski definition) is 5. The molecular weight excluding hydrogens is 415 g/mol. The van der Waals surface area contributed by atoms with Gasteiger partial charge in [-0.15, -0.1) is 11.3 Å². The average molecular weight is 433 g/mol. The minimum Gasteiger partial charge on any atom is -0.342 e. The number of amides is 1. The number of benzene rings is 1. The van der Waals surface area contributed by atoms with E-state index in [1.54, 1.807) is 30.6 Å². The van der Waals surface area contributed by atoms with Crippen LogP contribution in [-0.2, 0) is 11.2 Å². The van der Waals surface area contributed by atoms with Crippen LogP contribution in [0.2, 0.25) is 10.0 Å². The third-order valence-electron chi connectivity index (χ3n) is 4.59. The Labute approximate surface area is 177 Å². The number of rotatable bonds is 5. The fourth-order valence-electron chi connectivity index (χ4n) is 3.18. The summed E-state index contributed by atoms with van der Waals surface area (Å²) in [5, 5.41) is 5.04. The summed E-state index contributed by atoms with van der Waals surface area (Å²) >= 11 is 13.8. The van der Waals surface area contributed by atoms with Gasteiger partial charge in [-0.25, -0.2) is 4.98 Å². The first-order valence-corrected chi connectivity index (χ1v) is 10.6. The Morgan fingerprint density at radius 2 is 1.89 bits per heavy atom. The second-order valence-corrected chi connectivity index (χ2v) is 8.47. The number of nitrogens with zero attached hydrogens (tertiary/aromatic N) is 3. The molecule has 1 aliphatic rings. The van der Waals surface area contributed by atoms with Gasteiger partial charge in [0, 0.05) is 40.9 Å². The Kier molecular flexibility index (Phi) is 5.80. The second-order valence-electron chi connectivity index (χ2n) is 6.54. The van der Waals surface area contributed by atoms with Gasteiger partial charge >= 0.3 is 0 Å². The first-order chi connectivity index (χ1) is 13.6. The first-order valence-electron chi connectivity index (χ1n) is 9.00. The lowest BCUT2D eigenvalue weighted by Crippen LogP contribution is -2.28. The summed E-state index contributed by atoms with van der Waals surface area (Å²) in [6.07, 6.45) is 5.93. The van der Waals surface area contributed by atoms with Gasteiger partial charge in [0.2, 0.25) is 5.91 Å². The SMILES string of the molecule is O=C(Cc1sc(Nc2cc(Cl)ccc2Cl)nc1-c1ccncc1)N1CCCC1. The Morgan fingerprint density at radius 3 is 2.64 bits per heavy atom. The van der Waals surface area contributed by atoms with Crippen molar-refractivity contribution in [2.75, 3.05) is 18.4 Å². The van der Waals surface area contributed by atoms with E-state index in [4.69, 9.17) is 28.2 Å². The number of anilines is 2. The second kappa shape index (κ2) is 8.47. The molecule has 0 unspecified atom stereocenters. The minimum absolute atomic E-state index is 0.142. The lowest BCUT2D eigenvalue weighted by atomic mass is 10.1. The summed E-state index contributed by atoms with van der Waals surface area (Å²) in [5.74, 6) is 0.142. The maximum atomic E-state index is 12.7. The highest BCUT2D eigenvalue weighted by Crippen LogP contribution is 2.35. The quantitative estimate of drug-likeness (QED) is 0.584. The van der Waals surface area contributed by atoms with E-state index in [1.807, 2.05) is 17.0 Å². The van der Waals surface area contributed by atoms with Gasteiger partial charge in [-0.1, -0.05) is 23.2 Å². The monoisotopic (exact) mass is 432 g/mol. The molecule has 2 aromatic heterocycles. The lowest BCUT2D eigenvalue weighted by Gasteiger charge is -2.14. The van der Waals surface area contributed by atoms with Crippen LogP contribution in [0.3, 0.4) is 0 Å². The van der Waals surface area contributed by atoms with Crippen LogP contribution >= 0.6 is 34.5 Å². The van der Waals surface area contributed by atoms with Crippen molar-refractivity contribution in [3.63, 3.8) is 0 Å². The van der Waals surface area contributed by atoms with Gasteiger partial charge in [-0.3, -0.25) is 9.78 Å². The highest BCUT2D eigenvalue weighted by atomic mass is 35.5. The van der Waals surface area contributed by atoms with Gasteiger partial charge in [-0.05, 0) is 43.2 Å². The summed E-state index contributed by atoms with van der Waals surface area (Å²) < 4.78 is 0. The fourth-order valence-corrected chi connectivity index (χ4v) is 4.51. The van der Waals surface area contributed by atoms with Crippen molar-refractivity contribution in [1.82, 2.24) is 14.9 Å². The zero-order valence-electron chi connectivity index (χ0n) is 15.0. The standard InChI is InChI=1S/C20H18Cl2N4OS/c21-14-3-4-15(22)16(11-14)24-20-25-19(13-5-7-23-8-6-13)17(28-20)12-18(27)26-9-1-2-10-26/h3-8,11H,1-2,9-10,12H2,(H,24,25). The lowest BCUT2D eigenvalue weighted by molar-refractivity contribution is -0.129. The van der Waals surface area contributed by atoms with E-state index < -0.39 is 0 Å². The molecule has 0 bridgehead atoms. The Morgan fingerprint density at radius 1 is 1.14 bits per heavy atom. The van der Waals surface area contributed by atoms with Crippen molar-refractivity contribution < 1.29 is 4.79 Å². The molecule has 0 saturated carbocycles. The molecule has 8 heteroatoms. The molecule has 4 rings (SSSR count). The van der Waals surface area contributed by atoms with Gasteiger partial charge in [0.15, 0.2) is 5.13 Å². The highest BCUT2D eigenvalue weighted by Gasteiger charge is 2.22. The minimum atomic E-state index is 0.142. The Balaban J connectivity index is 1.65. The zero-order valence-corrected chi connectivity index (χ0v) is 17.3. The smallest absolute Gasteiger partial charge is 0.227 e. The molecule has 3 aromatic rings. The molecule has 0 atom stereocenters. The summed E-state index contributed by atoms with van der Waals surface area (Å²) in [6.45, 7) is 1.68. The number of hydrogen-bond donors (Lipinski definition) is 1. The van der Waals surface area contributed by atoms with E-state index in [1.165, 1.54) is 11.3 Å². The maximum Gasteiger partial charge on any atom is 0.227 e. The Hall–Kier alpha value is -2.15. The number of aromatic nitrogens is 2. The van der Waals surface area contributed by atoms with Crippen molar-refractivity contribution in [2.45, 2.75) is 19.3 Å². The van der Waals surface area contributed by atoms with Crippen molar-refractivity contribution in [2.24, 2.45) is 0 Å². The molecule has 1 aliphatic heterocycles. The van der Waals surface area contributed by atoms with Gasteiger partial charge in [0.1, 0.15) is 0 Å². The molecule has 5 nitrogen and oxygen atoms in total. The van der Waals surface area contributed by atoms with Crippen molar-refractivity contribution in [1.29, 1.82) is 0 Å². The maximum absolute atomic E-state index is 12.7. The number of carbonyl (C=O) groups excluding carboxylic acids is 1. The molecule has 0 spiro atoms. The molecular formula is C20H18Cl2N4OS. The van der Waals surface area contributed by atoms with Gasteiger partial charge < -0.3 is 10.2 Å². The number of thiazole rings is 1. The number of likely N-dealkylation sites (tertiary alicyclic amines) is 1. The normalized spacial score (nSPS) is 13.7. The number of halogens is 2. The number of carbonyl (C=O) groups is 1. The molecule has 0 radical (unpaired) electrons. The Bertz CT molecular complexity index is 987. The van der Waals surface area contributed by atoms with Crippen molar-refractivity contribution in [3.05, 3.63) is 57.6 Å². The van der Waals surface area contributed by atoms with E-state index in [9.17, 15) is 4.79 Å². The molecule has 1 fully saturated rings. The van der Waals surface area contributed by atoms with Gasteiger partial charge in [-0.2, -0.15) is 0 Å². The van der Waals surface area contributed by atoms with Crippen LogP contribution in [0.4, 0.5) is 10.8 Å². The molecule has 1 N–H and O–H groups in total. The van der Waals surface area contributed by atoms with E-state index in [-0.39, 0.29) is 5.91 Å². The highest BCUT2D eigenvalue weighted by molar-refractivity contribution is 7.16. The van der Waals surface area contributed by atoms with E-state index in [0.29, 0.717) is 27.3 Å². The molecule has 1 aromatic carbocycles. The van der Waals surface area contributed by atoms with Gasteiger partial charge in [0.05, 0.1) is 22.8 Å². The molecule has 1 saturated heterocycles. The molecule has 28 heavy (non-hydrogen) atoms. The van der Waals surface area contributed by atoms with Gasteiger partial charge in [0.25, 0.3) is 0 Å². The topological polar surface area (TPSA) is 58.1 Å². The van der Waals surface area contributed by atoms with Crippen LogP contribution in [0, 0.1) is 0 Å². The average Bonchev–Trinajstić information content (AvgIpc) is 3.36. The third-order valence-corrected chi connectivity index (χ3v) is 6.13. The van der Waals surface area contributed by atoms with Crippen LogP contribution in [0.25, 0.3) is 11.3 Å². The molecule has 3 heterocycles. The number of nitrogens with one attached hydrogen (secondary N) is 1. The van der Waals surface area contributed by atoms with Crippen LogP contribution in [0.5, 0.6) is 0 Å². The zero-order chi connectivity index (χ0) is 19.5. The van der Waals surface area contributed by atoms with E-state index in [0.717, 1.165) is 42.1 Å². The first kappa shape index (κ1) is 19.2. The van der Waals surface area contributed by atoms with Crippen molar-refractivity contribution in [3.8, 4) is 11.3 Å². The largest absolute Gasteiger partial charge is 0.342 e. The summed E-state index contributed by atoms with van der Waals surface area (Å²) in [6, 6.07) is 9.03. The molecule has 1 amide bonds. The summed E-state index contributed by atoms with van der Waals surface area (Å²) in [5.41, 5.74) is 2.41. The summed E-state index contributed by atoms with van der Waals surface area (Å²) in [7, 11) is 0. The van der Waals surface area contributed by atoms with E-state index >= 15 is 0 Å². The molecule has 144 valence electrons. The van der Waals surface area contributed by atoms with Crippen LogP contribution in [0.15, 0.2) is 42.7 Å². The predicted octanol–water partition coefficient (Wildman–Crippen LogP) is 5.42. The van der Waals surface area contributed by atoms with Crippen LogP contribution in [-0.4, -0.2) is 33.9 Å². The van der Waals surface area contributed by atoms with Crippen LogP contribution in [0.1, 0.15) is 17.7 Å². The number of pyridine rings is 1. The van der Waals surface area contributed by atoms with Crippen molar-refractivity contribution >= 4 is 51.3 Å². The third kappa shape index (κ3) is 4.29. The fraction of sp³-hybridized carbons (Fsp3) is 0.250. The van der Waals surface area contributed by atoms with E-state index in [2.05, 4.69) is 10.3 Å². The van der Waals surface area contributed by atoms with Crippen LogP contribution < -0.4 is 5.32 Å². The summed E-state index contributed by atoms with van der Waals surface area (Å²) in [4.78, 5) is 24.4. The predicted molar refractivity (Wildman–Crippen MR) is 115 cm³/mol.